The second-order valence-corrected chi connectivity index (χ2v) is 4.90. The number of aromatic nitrogens is 1. The monoisotopic (exact) mass is 218 g/mol. The zero-order valence-corrected chi connectivity index (χ0v) is 9.89. The highest BCUT2D eigenvalue weighted by Gasteiger charge is 2.25. The SMILES string of the molecule is C[C@@H]1C[C@H](C)CN(C(=O)c2cccnc2)C1. The third kappa shape index (κ3) is 2.40. The van der Waals surface area contributed by atoms with E-state index in [4.69, 9.17) is 0 Å². The van der Waals surface area contributed by atoms with Gasteiger partial charge in [-0.25, -0.2) is 0 Å². The summed E-state index contributed by atoms with van der Waals surface area (Å²) in [6, 6.07) is 3.64. The van der Waals surface area contributed by atoms with Crippen molar-refractivity contribution in [1.82, 2.24) is 9.88 Å². The molecule has 0 spiro atoms. The molecule has 0 aliphatic carbocycles. The number of pyridine rings is 1. The highest BCUT2D eigenvalue weighted by Crippen LogP contribution is 2.22. The van der Waals surface area contributed by atoms with Crippen LogP contribution in [0.15, 0.2) is 24.5 Å². The molecule has 1 amide bonds. The fourth-order valence-electron chi connectivity index (χ4n) is 2.50. The van der Waals surface area contributed by atoms with Gasteiger partial charge in [0.05, 0.1) is 5.56 Å². The summed E-state index contributed by atoms with van der Waals surface area (Å²) in [5.74, 6) is 1.32. The Morgan fingerprint density at radius 1 is 1.38 bits per heavy atom. The van der Waals surface area contributed by atoms with Gasteiger partial charge in [-0.15, -0.1) is 0 Å². The first-order chi connectivity index (χ1) is 7.66. The first kappa shape index (κ1) is 11.1. The maximum atomic E-state index is 12.2. The van der Waals surface area contributed by atoms with Crippen LogP contribution in [0.1, 0.15) is 30.6 Å². The molecule has 2 atom stereocenters. The lowest BCUT2D eigenvalue weighted by molar-refractivity contribution is 0.0622. The molecule has 1 saturated heterocycles. The number of hydrogen-bond acceptors (Lipinski definition) is 2. The number of rotatable bonds is 1. The molecule has 2 heterocycles. The van der Waals surface area contributed by atoms with Crippen molar-refractivity contribution in [2.75, 3.05) is 13.1 Å². The lowest BCUT2D eigenvalue weighted by Crippen LogP contribution is -2.42. The first-order valence-electron chi connectivity index (χ1n) is 5.86. The van der Waals surface area contributed by atoms with Gasteiger partial charge in [0.1, 0.15) is 0 Å². The van der Waals surface area contributed by atoms with Crippen LogP contribution in [0.2, 0.25) is 0 Å². The lowest BCUT2D eigenvalue weighted by Gasteiger charge is -2.35. The summed E-state index contributed by atoms with van der Waals surface area (Å²) in [7, 11) is 0. The Bertz CT molecular complexity index is 353. The van der Waals surface area contributed by atoms with Crippen LogP contribution in [-0.2, 0) is 0 Å². The Morgan fingerprint density at radius 2 is 2.06 bits per heavy atom. The summed E-state index contributed by atoms with van der Waals surface area (Å²) < 4.78 is 0. The molecule has 3 heteroatoms. The van der Waals surface area contributed by atoms with E-state index in [9.17, 15) is 4.79 Å². The third-order valence-corrected chi connectivity index (χ3v) is 3.06. The Hall–Kier alpha value is -1.38. The largest absolute Gasteiger partial charge is 0.338 e. The summed E-state index contributed by atoms with van der Waals surface area (Å²) in [6.07, 6.45) is 4.56. The molecule has 0 unspecified atom stereocenters. The van der Waals surface area contributed by atoms with Gasteiger partial charge in [-0.1, -0.05) is 13.8 Å². The molecular formula is C13H18N2O. The van der Waals surface area contributed by atoms with Crippen LogP contribution >= 0.6 is 0 Å². The molecule has 1 aromatic rings. The summed E-state index contributed by atoms with van der Waals surface area (Å²) in [4.78, 5) is 18.1. The average molecular weight is 218 g/mol. The van der Waals surface area contributed by atoms with Crippen molar-refractivity contribution < 1.29 is 4.79 Å². The van der Waals surface area contributed by atoms with Crippen LogP contribution in [0.4, 0.5) is 0 Å². The van der Waals surface area contributed by atoms with Gasteiger partial charge in [0.25, 0.3) is 5.91 Å². The normalized spacial score (nSPS) is 25.5. The number of hydrogen-bond donors (Lipinski definition) is 0. The molecule has 16 heavy (non-hydrogen) atoms. The first-order valence-corrected chi connectivity index (χ1v) is 5.86. The Kier molecular flexibility index (Phi) is 3.22. The van der Waals surface area contributed by atoms with Crippen molar-refractivity contribution in [3.05, 3.63) is 30.1 Å². The van der Waals surface area contributed by atoms with Crippen molar-refractivity contribution in [1.29, 1.82) is 0 Å². The molecular weight excluding hydrogens is 200 g/mol. The standard InChI is InChI=1S/C13H18N2O/c1-10-6-11(2)9-15(8-10)13(16)12-4-3-5-14-7-12/h3-5,7,10-11H,6,8-9H2,1-2H3/t10-,11+. The van der Waals surface area contributed by atoms with E-state index in [-0.39, 0.29) is 5.91 Å². The van der Waals surface area contributed by atoms with Crippen LogP contribution in [0.5, 0.6) is 0 Å². The van der Waals surface area contributed by atoms with Crippen molar-refractivity contribution in [2.24, 2.45) is 11.8 Å². The minimum absolute atomic E-state index is 0.117. The van der Waals surface area contributed by atoms with Gasteiger partial charge in [0.2, 0.25) is 0 Å². The van der Waals surface area contributed by atoms with Crippen LogP contribution in [-0.4, -0.2) is 28.9 Å². The number of carbonyl (C=O) groups is 1. The second-order valence-electron chi connectivity index (χ2n) is 4.90. The fraction of sp³-hybridized carbons (Fsp3) is 0.538. The zero-order chi connectivity index (χ0) is 11.5. The van der Waals surface area contributed by atoms with Gasteiger partial charge in [-0.05, 0) is 30.4 Å². The van der Waals surface area contributed by atoms with Crippen molar-refractivity contribution in [2.45, 2.75) is 20.3 Å². The molecule has 1 aliphatic rings. The highest BCUT2D eigenvalue weighted by molar-refractivity contribution is 5.93. The minimum Gasteiger partial charge on any atom is -0.338 e. The van der Waals surface area contributed by atoms with E-state index in [0.29, 0.717) is 17.4 Å². The smallest absolute Gasteiger partial charge is 0.255 e. The second kappa shape index (κ2) is 4.64. The Morgan fingerprint density at radius 3 is 2.62 bits per heavy atom. The molecule has 1 aromatic heterocycles. The quantitative estimate of drug-likeness (QED) is 0.724. The molecule has 0 aromatic carbocycles. The molecule has 0 radical (unpaired) electrons. The lowest BCUT2D eigenvalue weighted by atomic mass is 9.91. The van der Waals surface area contributed by atoms with Crippen LogP contribution in [0.3, 0.4) is 0 Å². The summed E-state index contributed by atoms with van der Waals surface area (Å²) in [6.45, 7) is 6.16. The maximum absolute atomic E-state index is 12.2. The van der Waals surface area contributed by atoms with Gasteiger partial charge in [-0.2, -0.15) is 0 Å². The van der Waals surface area contributed by atoms with Gasteiger partial charge in [0.15, 0.2) is 0 Å². The number of piperidine rings is 1. The van der Waals surface area contributed by atoms with E-state index in [1.54, 1.807) is 12.4 Å². The van der Waals surface area contributed by atoms with E-state index in [2.05, 4.69) is 18.8 Å². The number of nitrogens with zero attached hydrogens (tertiary/aromatic N) is 2. The zero-order valence-electron chi connectivity index (χ0n) is 9.89. The predicted octanol–water partition coefficient (Wildman–Crippen LogP) is 2.20. The van der Waals surface area contributed by atoms with Crippen molar-refractivity contribution in [3.63, 3.8) is 0 Å². The molecule has 1 aliphatic heterocycles. The Balaban J connectivity index is 2.10. The molecule has 0 N–H and O–H groups in total. The molecule has 0 saturated carbocycles. The van der Waals surface area contributed by atoms with Crippen LogP contribution in [0.25, 0.3) is 0 Å². The van der Waals surface area contributed by atoms with Gasteiger partial charge < -0.3 is 4.90 Å². The van der Waals surface area contributed by atoms with Crippen molar-refractivity contribution in [3.8, 4) is 0 Å². The Labute approximate surface area is 96.5 Å². The van der Waals surface area contributed by atoms with E-state index >= 15 is 0 Å². The van der Waals surface area contributed by atoms with E-state index < -0.39 is 0 Å². The number of likely N-dealkylation sites (tertiary alicyclic amines) is 1. The number of amides is 1. The predicted molar refractivity (Wildman–Crippen MR) is 63.1 cm³/mol. The minimum atomic E-state index is 0.117. The van der Waals surface area contributed by atoms with Crippen molar-refractivity contribution >= 4 is 5.91 Å². The molecule has 2 rings (SSSR count). The molecule has 0 bridgehead atoms. The topological polar surface area (TPSA) is 33.2 Å². The van der Waals surface area contributed by atoms with Crippen LogP contribution < -0.4 is 0 Å². The molecule has 3 nitrogen and oxygen atoms in total. The number of carbonyl (C=O) groups excluding carboxylic acids is 1. The summed E-state index contributed by atoms with van der Waals surface area (Å²) in [5.41, 5.74) is 0.698. The van der Waals surface area contributed by atoms with Gasteiger partial charge >= 0.3 is 0 Å². The third-order valence-electron chi connectivity index (χ3n) is 3.06. The van der Waals surface area contributed by atoms with Gasteiger partial charge in [0, 0.05) is 25.5 Å². The fourth-order valence-corrected chi connectivity index (χ4v) is 2.50. The van der Waals surface area contributed by atoms with Crippen LogP contribution in [0, 0.1) is 11.8 Å². The van der Waals surface area contributed by atoms with E-state index in [1.807, 2.05) is 17.0 Å². The van der Waals surface area contributed by atoms with Gasteiger partial charge in [-0.3, -0.25) is 9.78 Å². The summed E-state index contributed by atoms with van der Waals surface area (Å²) in [5, 5.41) is 0. The average Bonchev–Trinajstić information content (AvgIpc) is 2.28. The highest BCUT2D eigenvalue weighted by atomic mass is 16.2. The molecule has 1 fully saturated rings. The molecule has 86 valence electrons. The summed E-state index contributed by atoms with van der Waals surface area (Å²) >= 11 is 0. The maximum Gasteiger partial charge on any atom is 0.255 e. The van der Waals surface area contributed by atoms with E-state index in [0.717, 1.165) is 13.1 Å². The van der Waals surface area contributed by atoms with E-state index in [1.165, 1.54) is 6.42 Å².